The number of hydrogen-bond donors (Lipinski definition) is 0. The third-order valence-electron chi connectivity index (χ3n) is 2.97. The molecule has 0 saturated carbocycles. The van der Waals surface area contributed by atoms with Gasteiger partial charge in [-0.2, -0.15) is 0 Å². The predicted molar refractivity (Wildman–Crippen MR) is 78.6 cm³/mol. The van der Waals surface area contributed by atoms with Crippen LogP contribution in [-0.2, 0) is 18.4 Å². The normalized spacial score (nSPS) is 21.1. The smallest absolute Gasteiger partial charge is 0.418 e. The minimum atomic E-state index is -1.47. The molecule has 0 aromatic rings. The van der Waals surface area contributed by atoms with Crippen LogP contribution >= 0.6 is 8.60 Å². The van der Waals surface area contributed by atoms with Gasteiger partial charge in [0, 0.05) is 6.42 Å². The highest BCUT2D eigenvalue weighted by atomic mass is 31.2. The highest BCUT2D eigenvalue weighted by Crippen LogP contribution is 2.52. The van der Waals surface area contributed by atoms with Crippen molar-refractivity contribution in [2.45, 2.75) is 32.6 Å². The Kier molecular flexibility index (Phi) is 5.16. The highest BCUT2D eigenvalue weighted by Gasteiger charge is 2.30. The van der Waals surface area contributed by atoms with Crippen LogP contribution in [0.3, 0.4) is 0 Å². The molecular formula is C15H19O4P. The molecule has 20 heavy (non-hydrogen) atoms. The van der Waals surface area contributed by atoms with Gasteiger partial charge in [-0.05, 0) is 32.3 Å². The zero-order valence-electron chi connectivity index (χ0n) is 11.7. The average Bonchev–Trinajstić information content (AvgIpc) is 2.43. The lowest BCUT2D eigenvalue weighted by Gasteiger charge is -2.29. The lowest BCUT2D eigenvalue weighted by molar-refractivity contribution is -0.116. The Balaban J connectivity index is 1.81. The van der Waals surface area contributed by atoms with E-state index in [2.05, 4.69) is 19.2 Å². The Hall–Kier alpha value is -1.38. The van der Waals surface area contributed by atoms with E-state index in [-0.39, 0.29) is 5.78 Å². The molecule has 0 aromatic heterocycles. The first-order chi connectivity index (χ1) is 9.56. The van der Waals surface area contributed by atoms with E-state index >= 15 is 0 Å². The summed E-state index contributed by atoms with van der Waals surface area (Å²) in [7, 11) is -1.47. The molecule has 1 unspecified atom stereocenters. The largest absolute Gasteiger partial charge is 0.463 e. The van der Waals surface area contributed by atoms with Crippen molar-refractivity contribution in [1.29, 1.82) is 0 Å². The van der Waals surface area contributed by atoms with Crippen LogP contribution < -0.4 is 0 Å². The fourth-order valence-corrected chi connectivity index (χ4v) is 2.89. The Morgan fingerprint density at radius 2 is 2.10 bits per heavy atom. The van der Waals surface area contributed by atoms with Crippen molar-refractivity contribution in [1.82, 2.24) is 0 Å². The topological polar surface area (TPSA) is 44.8 Å². The van der Waals surface area contributed by atoms with Crippen molar-refractivity contribution in [3.8, 4) is 0 Å². The Bertz CT molecular complexity index is 490. The Labute approximate surface area is 120 Å². The van der Waals surface area contributed by atoms with Gasteiger partial charge >= 0.3 is 8.60 Å². The Morgan fingerprint density at radius 1 is 1.35 bits per heavy atom. The van der Waals surface area contributed by atoms with Crippen molar-refractivity contribution < 1.29 is 18.4 Å². The second-order valence-electron chi connectivity index (χ2n) is 4.82. The van der Waals surface area contributed by atoms with Crippen LogP contribution in [0.15, 0.2) is 48.0 Å². The Morgan fingerprint density at radius 3 is 2.85 bits per heavy atom. The number of carbonyl (C=O) groups excluding carboxylic acids is 1. The molecule has 0 amide bonds. The van der Waals surface area contributed by atoms with E-state index in [1.165, 1.54) is 0 Å². The fourth-order valence-electron chi connectivity index (χ4n) is 1.85. The van der Waals surface area contributed by atoms with E-state index in [0.29, 0.717) is 25.2 Å². The molecule has 1 heterocycles. The van der Waals surface area contributed by atoms with Gasteiger partial charge in [0.25, 0.3) is 0 Å². The van der Waals surface area contributed by atoms with Gasteiger partial charge in [0.2, 0.25) is 0 Å². The van der Waals surface area contributed by atoms with Crippen LogP contribution in [0, 0.1) is 0 Å². The maximum atomic E-state index is 10.9. The van der Waals surface area contributed by atoms with Gasteiger partial charge in [0.1, 0.15) is 17.3 Å². The molecule has 5 heteroatoms. The lowest BCUT2D eigenvalue weighted by atomic mass is 10.0. The van der Waals surface area contributed by atoms with Crippen LogP contribution in [0.25, 0.3) is 0 Å². The molecule has 0 radical (unpaired) electrons. The molecule has 0 bridgehead atoms. The van der Waals surface area contributed by atoms with Crippen molar-refractivity contribution in [3.63, 3.8) is 0 Å². The lowest BCUT2D eigenvalue weighted by Crippen LogP contribution is -2.10. The maximum Gasteiger partial charge on any atom is 0.463 e. The van der Waals surface area contributed by atoms with Crippen LogP contribution in [0.4, 0.5) is 0 Å². The molecule has 0 aromatic carbocycles. The van der Waals surface area contributed by atoms with Gasteiger partial charge in [-0.25, -0.2) is 0 Å². The SMILES string of the molecule is C=C(CCC(C)=O)COP1OC(=C)C2=CCCC=C2O1. The highest BCUT2D eigenvalue weighted by molar-refractivity contribution is 7.42. The first kappa shape index (κ1) is 15.0. The quantitative estimate of drug-likeness (QED) is 0.540. The van der Waals surface area contributed by atoms with E-state index in [9.17, 15) is 4.79 Å². The molecule has 1 aliphatic heterocycles. The summed E-state index contributed by atoms with van der Waals surface area (Å²) >= 11 is 0. The van der Waals surface area contributed by atoms with Crippen molar-refractivity contribution in [3.05, 3.63) is 48.0 Å². The number of ketones is 1. The molecule has 0 spiro atoms. The minimum absolute atomic E-state index is 0.151. The van der Waals surface area contributed by atoms with Crippen LogP contribution in [-0.4, -0.2) is 12.4 Å². The summed E-state index contributed by atoms with van der Waals surface area (Å²) in [6.45, 7) is 9.68. The van der Waals surface area contributed by atoms with Crippen molar-refractivity contribution in [2.75, 3.05) is 6.61 Å². The number of hydrogen-bond acceptors (Lipinski definition) is 4. The van der Waals surface area contributed by atoms with E-state index < -0.39 is 8.60 Å². The second-order valence-corrected chi connectivity index (χ2v) is 5.89. The molecule has 1 fully saturated rings. The molecular weight excluding hydrogens is 275 g/mol. The molecule has 1 atom stereocenters. The molecule has 108 valence electrons. The maximum absolute atomic E-state index is 10.9. The van der Waals surface area contributed by atoms with Crippen LogP contribution in [0.2, 0.25) is 0 Å². The van der Waals surface area contributed by atoms with Gasteiger partial charge in [0.05, 0.1) is 12.2 Å². The molecule has 4 nitrogen and oxygen atoms in total. The first-order valence-electron chi connectivity index (χ1n) is 6.61. The van der Waals surface area contributed by atoms with Crippen LogP contribution in [0.5, 0.6) is 0 Å². The van der Waals surface area contributed by atoms with E-state index in [1.807, 2.05) is 6.08 Å². The van der Waals surface area contributed by atoms with Gasteiger partial charge in [-0.15, -0.1) is 0 Å². The molecule has 2 aliphatic rings. The monoisotopic (exact) mass is 294 g/mol. The minimum Gasteiger partial charge on any atom is -0.418 e. The third kappa shape index (κ3) is 4.06. The second kappa shape index (κ2) is 6.87. The van der Waals surface area contributed by atoms with Gasteiger partial charge in [-0.1, -0.05) is 24.8 Å². The molecule has 2 rings (SSSR count). The molecule has 1 saturated heterocycles. The van der Waals surface area contributed by atoms with Crippen LogP contribution in [0.1, 0.15) is 32.6 Å². The summed E-state index contributed by atoms with van der Waals surface area (Å²) in [6, 6.07) is 0. The summed E-state index contributed by atoms with van der Waals surface area (Å²) in [5.41, 5.74) is 1.79. The van der Waals surface area contributed by atoms with E-state index in [4.69, 9.17) is 13.6 Å². The average molecular weight is 294 g/mol. The predicted octanol–water partition coefficient (Wildman–Crippen LogP) is 4.32. The first-order valence-corrected chi connectivity index (χ1v) is 7.71. The summed E-state index contributed by atoms with van der Waals surface area (Å²) in [6.07, 6.45) is 7.16. The van der Waals surface area contributed by atoms with E-state index in [1.54, 1.807) is 6.92 Å². The summed E-state index contributed by atoms with van der Waals surface area (Å²) in [4.78, 5) is 10.9. The number of carbonyl (C=O) groups is 1. The summed E-state index contributed by atoms with van der Waals surface area (Å²) in [5.74, 6) is 1.55. The standard InChI is InChI=1S/C15H19O4P/c1-11(8-9-12(2)16)10-17-20-18-13(3)14-6-4-5-7-15(14)19-20/h6-7H,1,3-5,8-10H2,2H3. The van der Waals surface area contributed by atoms with Crippen molar-refractivity contribution >= 4 is 14.4 Å². The van der Waals surface area contributed by atoms with Gasteiger partial charge < -0.3 is 13.8 Å². The number of rotatable bonds is 6. The number of Topliss-reactive ketones (excluding diaryl/α,β-unsaturated/α-hetero) is 1. The number of allylic oxidation sites excluding steroid dienone is 2. The fraction of sp³-hybridized carbons (Fsp3) is 0.400. The summed E-state index contributed by atoms with van der Waals surface area (Å²) < 4.78 is 16.8. The summed E-state index contributed by atoms with van der Waals surface area (Å²) in [5, 5.41) is 0. The molecule has 1 aliphatic carbocycles. The zero-order chi connectivity index (χ0) is 14.5. The number of fused-ring (bicyclic) bond motifs is 1. The van der Waals surface area contributed by atoms with Gasteiger partial charge in [0.15, 0.2) is 0 Å². The van der Waals surface area contributed by atoms with Crippen molar-refractivity contribution in [2.24, 2.45) is 0 Å². The molecule has 0 N–H and O–H groups in total. The van der Waals surface area contributed by atoms with Gasteiger partial charge in [-0.3, -0.25) is 4.52 Å². The van der Waals surface area contributed by atoms with E-state index in [0.717, 1.165) is 29.7 Å². The zero-order valence-corrected chi connectivity index (χ0v) is 12.6. The third-order valence-corrected chi connectivity index (χ3v) is 4.03.